The minimum atomic E-state index is -0.961. The molecular weight excluding hydrogens is 172 g/mol. The van der Waals surface area contributed by atoms with Gasteiger partial charge in [-0.15, -0.1) is 0 Å². The number of carbonyl (C=O) groups is 1. The van der Waals surface area contributed by atoms with E-state index < -0.39 is 6.09 Å². The zero-order chi connectivity index (χ0) is 9.84. The van der Waals surface area contributed by atoms with Gasteiger partial charge in [0, 0.05) is 19.2 Å². The molecule has 0 heterocycles. The zero-order valence-electron chi connectivity index (χ0n) is 7.91. The highest BCUT2D eigenvalue weighted by molar-refractivity contribution is 5.64. The highest BCUT2D eigenvalue weighted by Gasteiger charge is 2.33. The summed E-state index contributed by atoms with van der Waals surface area (Å²) in [6.07, 6.45) is 0.689. The van der Waals surface area contributed by atoms with Gasteiger partial charge >= 0.3 is 6.09 Å². The third-order valence-corrected chi connectivity index (χ3v) is 2.51. The fraction of sp³-hybridized carbons (Fsp3) is 0.875. The molecule has 5 heteroatoms. The summed E-state index contributed by atoms with van der Waals surface area (Å²) < 4.78 is 5.23. The Kier molecular flexibility index (Phi) is 3.50. The van der Waals surface area contributed by atoms with Crippen LogP contribution in [0.4, 0.5) is 4.79 Å². The van der Waals surface area contributed by atoms with Gasteiger partial charge < -0.3 is 20.5 Å². The second-order valence-electron chi connectivity index (χ2n) is 3.29. The van der Waals surface area contributed by atoms with E-state index in [2.05, 4.69) is 10.6 Å². The van der Waals surface area contributed by atoms with E-state index in [0.29, 0.717) is 0 Å². The van der Waals surface area contributed by atoms with Crippen molar-refractivity contribution in [2.45, 2.75) is 31.0 Å². The van der Waals surface area contributed by atoms with Crippen molar-refractivity contribution in [2.24, 2.45) is 0 Å². The van der Waals surface area contributed by atoms with E-state index in [9.17, 15) is 4.79 Å². The maximum atomic E-state index is 10.4. The molecular formula is C8H16N2O3. The maximum Gasteiger partial charge on any atom is 0.404 e. The molecule has 76 valence electrons. The van der Waals surface area contributed by atoms with E-state index in [1.54, 1.807) is 7.11 Å². The van der Waals surface area contributed by atoms with Crippen LogP contribution in [0.15, 0.2) is 0 Å². The average molecular weight is 188 g/mol. The van der Waals surface area contributed by atoms with Crippen LogP contribution in [-0.2, 0) is 4.74 Å². The molecule has 1 aliphatic rings. The number of likely N-dealkylation sites (N-methyl/N-ethyl adjacent to an activating group) is 1. The third kappa shape index (κ3) is 2.57. The fourth-order valence-corrected chi connectivity index (χ4v) is 1.86. The normalized spacial score (nSPS) is 33.2. The molecule has 0 aliphatic heterocycles. The van der Waals surface area contributed by atoms with Gasteiger partial charge in [-0.2, -0.15) is 0 Å². The Morgan fingerprint density at radius 1 is 1.54 bits per heavy atom. The van der Waals surface area contributed by atoms with Crippen LogP contribution in [0.3, 0.4) is 0 Å². The topological polar surface area (TPSA) is 70.6 Å². The lowest BCUT2D eigenvalue weighted by atomic mass is 10.2. The number of nitrogens with one attached hydrogen (secondary N) is 2. The number of hydrogen-bond acceptors (Lipinski definition) is 3. The van der Waals surface area contributed by atoms with Crippen molar-refractivity contribution in [3.05, 3.63) is 0 Å². The Hall–Kier alpha value is -0.810. The standard InChI is InChI=1S/C8H16N2O3/c1-9-6-3-5(10-8(11)12)4-7(6)13-2/h5-7,9-10H,3-4H2,1-2H3,(H,11,12)/t5-,6+,7-/m1/s1. The molecule has 1 rings (SSSR count). The summed E-state index contributed by atoms with van der Waals surface area (Å²) in [5.74, 6) is 0. The van der Waals surface area contributed by atoms with E-state index in [4.69, 9.17) is 9.84 Å². The van der Waals surface area contributed by atoms with Gasteiger partial charge in [-0.05, 0) is 19.9 Å². The highest BCUT2D eigenvalue weighted by atomic mass is 16.5. The summed E-state index contributed by atoms with van der Waals surface area (Å²) in [7, 11) is 3.51. The summed E-state index contributed by atoms with van der Waals surface area (Å²) >= 11 is 0. The molecule has 0 bridgehead atoms. The monoisotopic (exact) mass is 188 g/mol. The minimum Gasteiger partial charge on any atom is -0.465 e. The van der Waals surface area contributed by atoms with Crippen molar-refractivity contribution in [3.8, 4) is 0 Å². The maximum absolute atomic E-state index is 10.4. The first-order chi connectivity index (χ1) is 6.17. The van der Waals surface area contributed by atoms with E-state index in [1.807, 2.05) is 7.05 Å². The van der Waals surface area contributed by atoms with Gasteiger partial charge in [0.05, 0.1) is 6.10 Å². The Morgan fingerprint density at radius 3 is 2.62 bits per heavy atom. The van der Waals surface area contributed by atoms with Gasteiger partial charge in [0.15, 0.2) is 0 Å². The molecule has 0 radical (unpaired) electrons. The summed E-state index contributed by atoms with van der Waals surface area (Å²) in [5.41, 5.74) is 0. The van der Waals surface area contributed by atoms with E-state index in [0.717, 1.165) is 12.8 Å². The van der Waals surface area contributed by atoms with Gasteiger partial charge in [-0.3, -0.25) is 0 Å². The van der Waals surface area contributed by atoms with Crippen LogP contribution < -0.4 is 10.6 Å². The van der Waals surface area contributed by atoms with E-state index >= 15 is 0 Å². The molecule has 0 aromatic carbocycles. The Bertz CT molecular complexity index is 174. The molecule has 0 spiro atoms. The van der Waals surface area contributed by atoms with Crippen molar-refractivity contribution in [3.63, 3.8) is 0 Å². The molecule has 0 saturated heterocycles. The van der Waals surface area contributed by atoms with Crippen LogP contribution in [0, 0.1) is 0 Å². The van der Waals surface area contributed by atoms with Crippen molar-refractivity contribution in [1.29, 1.82) is 0 Å². The van der Waals surface area contributed by atoms with Crippen molar-refractivity contribution in [2.75, 3.05) is 14.2 Å². The van der Waals surface area contributed by atoms with E-state index in [-0.39, 0.29) is 18.2 Å². The summed E-state index contributed by atoms with van der Waals surface area (Å²) in [5, 5.41) is 14.1. The van der Waals surface area contributed by atoms with Crippen LogP contribution in [-0.4, -0.2) is 43.5 Å². The largest absolute Gasteiger partial charge is 0.465 e. The van der Waals surface area contributed by atoms with Crippen LogP contribution in [0.2, 0.25) is 0 Å². The molecule has 1 aliphatic carbocycles. The Balaban J connectivity index is 2.43. The molecule has 1 saturated carbocycles. The first kappa shape index (κ1) is 10.3. The fourth-order valence-electron chi connectivity index (χ4n) is 1.86. The van der Waals surface area contributed by atoms with Crippen molar-refractivity contribution < 1.29 is 14.6 Å². The van der Waals surface area contributed by atoms with Crippen LogP contribution >= 0.6 is 0 Å². The van der Waals surface area contributed by atoms with Crippen molar-refractivity contribution >= 4 is 6.09 Å². The zero-order valence-corrected chi connectivity index (χ0v) is 7.91. The molecule has 3 atom stereocenters. The SMILES string of the molecule is CN[C@H]1C[C@@H](NC(=O)O)C[C@H]1OC. The van der Waals surface area contributed by atoms with Gasteiger partial charge in [-0.25, -0.2) is 4.79 Å². The first-order valence-electron chi connectivity index (χ1n) is 4.37. The molecule has 0 aromatic rings. The number of amides is 1. The van der Waals surface area contributed by atoms with Crippen LogP contribution in [0.1, 0.15) is 12.8 Å². The predicted octanol–water partition coefficient (Wildman–Crippen LogP) is 0.0194. The molecule has 3 N–H and O–H groups in total. The predicted molar refractivity (Wildman–Crippen MR) is 47.8 cm³/mol. The molecule has 1 amide bonds. The number of carboxylic acid groups (broad SMARTS) is 1. The van der Waals surface area contributed by atoms with Gasteiger partial charge in [0.25, 0.3) is 0 Å². The minimum absolute atomic E-state index is 0.0138. The second kappa shape index (κ2) is 4.43. The van der Waals surface area contributed by atoms with E-state index in [1.165, 1.54) is 0 Å². The number of methoxy groups -OCH3 is 1. The summed E-state index contributed by atoms with van der Waals surface area (Å²) in [4.78, 5) is 10.4. The lowest BCUT2D eigenvalue weighted by Crippen LogP contribution is -2.34. The average Bonchev–Trinajstić information content (AvgIpc) is 2.45. The molecule has 13 heavy (non-hydrogen) atoms. The first-order valence-corrected chi connectivity index (χ1v) is 4.37. The summed E-state index contributed by atoms with van der Waals surface area (Å²) in [6, 6.07) is 0.266. The number of rotatable bonds is 3. The van der Waals surface area contributed by atoms with Crippen LogP contribution in [0.5, 0.6) is 0 Å². The van der Waals surface area contributed by atoms with Gasteiger partial charge in [0.2, 0.25) is 0 Å². The molecule has 0 unspecified atom stereocenters. The van der Waals surface area contributed by atoms with Crippen LogP contribution in [0.25, 0.3) is 0 Å². The van der Waals surface area contributed by atoms with Crippen molar-refractivity contribution in [1.82, 2.24) is 10.6 Å². The molecule has 0 aromatic heterocycles. The lowest BCUT2D eigenvalue weighted by molar-refractivity contribution is 0.0862. The van der Waals surface area contributed by atoms with Gasteiger partial charge in [-0.1, -0.05) is 0 Å². The molecule has 1 fully saturated rings. The highest BCUT2D eigenvalue weighted by Crippen LogP contribution is 2.21. The second-order valence-corrected chi connectivity index (χ2v) is 3.29. The Labute approximate surface area is 77.5 Å². The van der Waals surface area contributed by atoms with Gasteiger partial charge in [0.1, 0.15) is 0 Å². The smallest absolute Gasteiger partial charge is 0.404 e. The third-order valence-electron chi connectivity index (χ3n) is 2.51. The molecule has 5 nitrogen and oxygen atoms in total. The number of hydrogen-bond donors (Lipinski definition) is 3. The lowest BCUT2D eigenvalue weighted by Gasteiger charge is -2.15. The Morgan fingerprint density at radius 2 is 2.23 bits per heavy atom. The summed E-state index contributed by atoms with van der Waals surface area (Å²) in [6.45, 7) is 0. The quantitative estimate of drug-likeness (QED) is 0.584. The number of ether oxygens (including phenoxy) is 1.